The average Bonchev–Trinajstić information content (AvgIpc) is 3.06. The standard InChI is InChI=1S/C24H25F5N2O3/c1-22(2,3)34-21(33)31-14-23(25,26)13-19(31)20(32)9-8-18-12-16(10-11-30-18)15-4-6-17(7-5-15)24(27,28)29/h4-7,10-12,19H,8-9,13-14H2,1-3H3/t19-/m0/s1. The molecule has 1 atom stereocenters. The molecule has 5 nitrogen and oxygen atoms in total. The lowest BCUT2D eigenvalue weighted by Crippen LogP contribution is -2.43. The Morgan fingerprint density at radius 3 is 2.32 bits per heavy atom. The molecule has 0 bridgehead atoms. The van der Waals surface area contributed by atoms with Gasteiger partial charge in [0.1, 0.15) is 5.60 Å². The number of ketones is 1. The summed E-state index contributed by atoms with van der Waals surface area (Å²) in [7, 11) is 0. The van der Waals surface area contributed by atoms with E-state index in [-0.39, 0.29) is 12.8 Å². The first-order chi connectivity index (χ1) is 15.6. The first-order valence-corrected chi connectivity index (χ1v) is 10.7. The minimum atomic E-state index is -4.44. The van der Waals surface area contributed by atoms with Gasteiger partial charge in [-0.15, -0.1) is 0 Å². The number of alkyl halides is 5. The molecule has 1 aromatic carbocycles. The lowest BCUT2D eigenvalue weighted by atomic mass is 10.0. The molecule has 1 aromatic heterocycles. The van der Waals surface area contributed by atoms with Crippen LogP contribution in [0.2, 0.25) is 0 Å². The van der Waals surface area contributed by atoms with Crippen molar-refractivity contribution in [2.45, 2.75) is 63.8 Å². The smallest absolute Gasteiger partial charge is 0.416 e. The van der Waals surface area contributed by atoms with Gasteiger partial charge in [0.05, 0.1) is 18.2 Å². The summed E-state index contributed by atoms with van der Waals surface area (Å²) in [5, 5.41) is 0. The van der Waals surface area contributed by atoms with Crippen molar-refractivity contribution >= 4 is 11.9 Å². The molecule has 2 heterocycles. The molecule has 0 radical (unpaired) electrons. The maximum Gasteiger partial charge on any atom is 0.416 e. The van der Waals surface area contributed by atoms with Gasteiger partial charge in [-0.25, -0.2) is 13.6 Å². The van der Waals surface area contributed by atoms with Gasteiger partial charge in [0.25, 0.3) is 5.92 Å². The van der Waals surface area contributed by atoms with Crippen LogP contribution in [-0.2, 0) is 22.1 Å². The van der Waals surface area contributed by atoms with E-state index in [1.807, 2.05) is 0 Å². The van der Waals surface area contributed by atoms with E-state index < -0.39 is 54.1 Å². The predicted octanol–water partition coefficient (Wildman–Crippen LogP) is 5.91. The Balaban J connectivity index is 1.69. The van der Waals surface area contributed by atoms with Gasteiger partial charge < -0.3 is 4.74 Å². The van der Waals surface area contributed by atoms with Crippen LogP contribution in [0.5, 0.6) is 0 Å². The van der Waals surface area contributed by atoms with E-state index in [9.17, 15) is 31.5 Å². The summed E-state index contributed by atoms with van der Waals surface area (Å²) in [4.78, 5) is 30.1. The molecule has 1 amide bonds. The summed E-state index contributed by atoms with van der Waals surface area (Å²) in [6.07, 6.45) is -4.73. The first-order valence-electron chi connectivity index (χ1n) is 10.7. The van der Waals surface area contributed by atoms with Crippen LogP contribution in [-0.4, -0.2) is 45.9 Å². The van der Waals surface area contributed by atoms with Crippen LogP contribution < -0.4 is 0 Å². The fraction of sp³-hybridized carbons (Fsp3) is 0.458. The average molecular weight is 484 g/mol. The molecule has 2 aromatic rings. The summed E-state index contributed by atoms with van der Waals surface area (Å²) >= 11 is 0. The van der Waals surface area contributed by atoms with Gasteiger partial charge in [0.15, 0.2) is 5.78 Å². The van der Waals surface area contributed by atoms with Gasteiger partial charge in [-0.05, 0) is 62.6 Å². The number of rotatable bonds is 5. The highest BCUT2D eigenvalue weighted by molar-refractivity contribution is 5.88. The lowest BCUT2D eigenvalue weighted by molar-refractivity contribution is -0.137. The molecule has 1 fully saturated rings. The number of Topliss-reactive ketones (excluding diaryl/α,β-unsaturated/α-hetero) is 1. The number of carbonyl (C=O) groups is 2. The molecule has 1 saturated heterocycles. The largest absolute Gasteiger partial charge is 0.444 e. The third-order valence-electron chi connectivity index (χ3n) is 5.26. The number of aromatic nitrogens is 1. The van der Waals surface area contributed by atoms with Crippen molar-refractivity contribution < 1.29 is 36.3 Å². The van der Waals surface area contributed by atoms with Crippen LogP contribution >= 0.6 is 0 Å². The van der Waals surface area contributed by atoms with E-state index in [0.717, 1.165) is 17.0 Å². The number of likely N-dealkylation sites (tertiary alicyclic amines) is 1. The zero-order valence-electron chi connectivity index (χ0n) is 19.0. The third-order valence-corrected chi connectivity index (χ3v) is 5.26. The molecule has 10 heteroatoms. The second kappa shape index (κ2) is 9.31. The zero-order chi connectivity index (χ0) is 25.3. The summed E-state index contributed by atoms with van der Waals surface area (Å²) in [6, 6.07) is 6.58. The van der Waals surface area contributed by atoms with Gasteiger partial charge in [-0.3, -0.25) is 14.7 Å². The lowest BCUT2D eigenvalue weighted by Gasteiger charge is -2.27. The number of hydrogen-bond donors (Lipinski definition) is 0. The van der Waals surface area contributed by atoms with Crippen molar-refractivity contribution in [1.82, 2.24) is 9.88 Å². The van der Waals surface area contributed by atoms with Crippen LogP contribution in [0.15, 0.2) is 42.6 Å². The van der Waals surface area contributed by atoms with E-state index in [1.165, 1.54) is 18.3 Å². The van der Waals surface area contributed by atoms with E-state index in [2.05, 4.69) is 4.98 Å². The minimum absolute atomic E-state index is 0.123. The quantitative estimate of drug-likeness (QED) is 0.495. The zero-order valence-corrected chi connectivity index (χ0v) is 19.0. The van der Waals surface area contributed by atoms with E-state index in [4.69, 9.17) is 4.74 Å². The van der Waals surface area contributed by atoms with E-state index >= 15 is 0 Å². The number of nitrogens with zero attached hydrogens (tertiary/aromatic N) is 2. The topological polar surface area (TPSA) is 59.5 Å². The van der Waals surface area contributed by atoms with Crippen molar-refractivity contribution in [1.29, 1.82) is 0 Å². The Hall–Kier alpha value is -3.04. The van der Waals surface area contributed by atoms with Crippen molar-refractivity contribution in [3.8, 4) is 11.1 Å². The molecule has 0 N–H and O–H groups in total. The minimum Gasteiger partial charge on any atom is -0.444 e. The molecular formula is C24H25F5N2O3. The highest BCUT2D eigenvalue weighted by Gasteiger charge is 2.50. The fourth-order valence-corrected chi connectivity index (χ4v) is 3.68. The predicted molar refractivity (Wildman–Crippen MR) is 114 cm³/mol. The van der Waals surface area contributed by atoms with Gasteiger partial charge in [-0.1, -0.05) is 12.1 Å². The highest BCUT2D eigenvalue weighted by atomic mass is 19.4. The van der Waals surface area contributed by atoms with Crippen molar-refractivity contribution in [3.05, 3.63) is 53.9 Å². The molecular weight excluding hydrogens is 459 g/mol. The maximum atomic E-state index is 14.0. The van der Waals surface area contributed by atoms with Crippen LogP contribution in [0.4, 0.5) is 26.7 Å². The van der Waals surface area contributed by atoms with Crippen LogP contribution in [0.25, 0.3) is 11.1 Å². The Kier molecular flexibility index (Phi) is 7.00. The van der Waals surface area contributed by atoms with Crippen molar-refractivity contribution in [2.75, 3.05) is 6.54 Å². The highest BCUT2D eigenvalue weighted by Crippen LogP contribution is 2.34. The van der Waals surface area contributed by atoms with Crippen molar-refractivity contribution in [2.24, 2.45) is 0 Å². The number of halogens is 5. The van der Waals surface area contributed by atoms with E-state index in [0.29, 0.717) is 16.8 Å². The summed E-state index contributed by atoms with van der Waals surface area (Å²) in [5.74, 6) is -3.73. The number of aryl methyl sites for hydroxylation is 1. The molecule has 1 aliphatic heterocycles. The SMILES string of the molecule is CC(C)(C)OC(=O)N1CC(F)(F)C[C@H]1C(=O)CCc1cc(-c2ccc(C(F)(F)F)cc2)ccn1. The summed E-state index contributed by atoms with van der Waals surface area (Å²) in [5.41, 5.74) is -0.0487. The van der Waals surface area contributed by atoms with Crippen LogP contribution in [0, 0.1) is 0 Å². The van der Waals surface area contributed by atoms with Crippen molar-refractivity contribution in [3.63, 3.8) is 0 Å². The number of pyridine rings is 1. The third kappa shape index (κ3) is 6.51. The van der Waals surface area contributed by atoms with E-state index in [1.54, 1.807) is 32.9 Å². The Labute approximate surface area is 193 Å². The second-order valence-corrected chi connectivity index (χ2v) is 9.26. The number of hydrogen-bond acceptors (Lipinski definition) is 4. The molecule has 3 rings (SSSR count). The number of amides is 1. The Bertz CT molecular complexity index is 1050. The monoisotopic (exact) mass is 484 g/mol. The number of ether oxygens (including phenoxy) is 1. The summed E-state index contributed by atoms with van der Waals surface area (Å²) < 4.78 is 71.5. The van der Waals surface area contributed by atoms with Gasteiger partial charge in [0, 0.05) is 24.7 Å². The molecule has 0 unspecified atom stereocenters. The van der Waals surface area contributed by atoms with Crippen LogP contribution in [0.3, 0.4) is 0 Å². The molecule has 34 heavy (non-hydrogen) atoms. The van der Waals surface area contributed by atoms with Gasteiger partial charge in [0.2, 0.25) is 0 Å². The fourth-order valence-electron chi connectivity index (χ4n) is 3.68. The first kappa shape index (κ1) is 25.6. The Morgan fingerprint density at radius 1 is 1.09 bits per heavy atom. The Morgan fingerprint density at radius 2 is 1.74 bits per heavy atom. The maximum absolute atomic E-state index is 14.0. The van der Waals surface area contributed by atoms with Gasteiger partial charge in [-0.2, -0.15) is 13.2 Å². The molecule has 1 aliphatic rings. The number of carbonyl (C=O) groups excluding carboxylic acids is 2. The van der Waals surface area contributed by atoms with Gasteiger partial charge >= 0.3 is 12.3 Å². The molecule has 184 valence electrons. The number of benzene rings is 1. The normalized spacial score (nSPS) is 18.1. The molecule has 0 spiro atoms. The molecule has 0 saturated carbocycles. The van der Waals surface area contributed by atoms with Crippen LogP contribution in [0.1, 0.15) is 44.9 Å². The molecule has 0 aliphatic carbocycles. The summed E-state index contributed by atoms with van der Waals surface area (Å²) in [6.45, 7) is 3.92. The second-order valence-electron chi connectivity index (χ2n) is 9.26.